The molecule has 84 valence electrons. The van der Waals surface area contributed by atoms with Crippen LogP contribution in [0.2, 0.25) is 0 Å². The first-order valence-electron chi connectivity index (χ1n) is 4.29. The number of nitrogen functional groups attached to an aromatic ring is 1. The van der Waals surface area contributed by atoms with Crippen molar-refractivity contribution < 1.29 is 18.3 Å². The summed E-state index contributed by atoms with van der Waals surface area (Å²) in [6.45, 7) is 0.495. The van der Waals surface area contributed by atoms with Crippen molar-refractivity contribution in [2.24, 2.45) is 0 Å². The van der Waals surface area contributed by atoms with Gasteiger partial charge in [0.15, 0.2) is 5.69 Å². The summed E-state index contributed by atoms with van der Waals surface area (Å²) in [5.74, 6) is -1.16. The number of alkyl halides is 2. The molecule has 5 nitrogen and oxygen atoms in total. The van der Waals surface area contributed by atoms with Gasteiger partial charge in [0.05, 0.1) is 11.4 Å². The fourth-order valence-electron chi connectivity index (χ4n) is 1.18. The molecule has 0 aromatic carbocycles. The molecule has 1 heterocycles. The van der Waals surface area contributed by atoms with E-state index in [0.29, 0.717) is 12.2 Å². The Balaban J connectivity index is 3.06. The van der Waals surface area contributed by atoms with Gasteiger partial charge >= 0.3 is 12.6 Å². The molecule has 1 aromatic rings. The number of nitrogens with two attached hydrogens (primary N) is 1. The van der Waals surface area contributed by atoms with Gasteiger partial charge in [-0.3, -0.25) is 4.68 Å². The van der Waals surface area contributed by atoms with Gasteiger partial charge in [-0.1, -0.05) is 0 Å². The third-order valence-corrected chi connectivity index (χ3v) is 1.86. The second kappa shape index (κ2) is 4.24. The fraction of sp³-hybridized carbons (Fsp3) is 0.500. The second-order valence-corrected chi connectivity index (χ2v) is 2.83. The fourth-order valence-corrected chi connectivity index (χ4v) is 1.18. The van der Waals surface area contributed by atoms with E-state index >= 15 is 0 Å². The van der Waals surface area contributed by atoms with Crippen LogP contribution >= 0.6 is 0 Å². The van der Waals surface area contributed by atoms with Gasteiger partial charge in [-0.05, 0) is 13.8 Å². The first-order chi connectivity index (χ1) is 6.97. The number of anilines is 1. The Bertz CT molecular complexity index is 376. The number of aromatic nitrogens is 2. The minimum atomic E-state index is -3.16. The maximum Gasteiger partial charge on any atom is 0.389 e. The summed E-state index contributed by atoms with van der Waals surface area (Å²) in [5, 5.41) is 3.90. The number of carbonyl (C=O) groups excluding carboxylic acids is 1. The molecule has 0 unspecified atom stereocenters. The molecule has 15 heavy (non-hydrogen) atoms. The van der Waals surface area contributed by atoms with Crippen LogP contribution in [-0.4, -0.2) is 22.4 Å². The largest absolute Gasteiger partial charge is 0.398 e. The standard InChI is InChI=1S/C8H11F2N3O2/c1-3-13-6(5(11)4(2)12-13)7(14)15-8(9)10/h8H,3,11H2,1-2H3. The van der Waals surface area contributed by atoms with Gasteiger partial charge in [-0.15, -0.1) is 0 Å². The summed E-state index contributed by atoms with van der Waals surface area (Å²) in [7, 11) is 0. The van der Waals surface area contributed by atoms with Gasteiger partial charge in [0.1, 0.15) is 0 Å². The molecule has 0 bridgehead atoms. The highest BCUT2D eigenvalue weighted by Crippen LogP contribution is 2.18. The van der Waals surface area contributed by atoms with Crippen LogP contribution in [-0.2, 0) is 11.3 Å². The van der Waals surface area contributed by atoms with Gasteiger partial charge in [0.25, 0.3) is 0 Å². The van der Waals surface area contributed by atoms with Crippen LogP contribution in [0, 0.1) is 6.92 Å². The molecular weight excluding hydrogens is 208 g/mol. The first-order valence-corrected chi connectivity index (χ1v) is 4.29. The highest BCUT2D eigenvalue weighted by molar-refractivity contribution is 5.93. The van der Waals surface area contributed by atoms with Crippen molar-refractivity contribution in [3.63, 3.8) is 0 Å². The van der Waals surface area contributed by atoms with Crippen molar-refractivity contribution in [1.29, 1.82) is 0 Å². The van der Waals surface area contributed by atoms with Crippen molar-refractivity contribution in [2.45, 2.75) is 27.0 Å². The number of halogens is 2. The van der Waals surface area contributed by atoms with E-state index in [9.17, 15) is 13.6 Å². The highest BCUT2D eigenvalue weighted by atomic mass is 19.3. The number of carbonyl (C=O) groups is 1. The van der Waals surface area contributed by atoms with E-state index < -0.39 is 12.6 Å². The zero-order chi connectivity index (χ0) is 11.6. The van der Waals surface area contributed by atoms with Gasteiger partial charge in [-0.2, -0.15) is 13.9 Å². The summed E-state index contributed by atoms with van der Waals surface area (Å²) in [4.78, 5) is 11.2. The molecule has 0 radical (unpaired) electrons. The monoisotopic (exact) mass is 219 g/mol. The van der Waals surface area contributed by atoms with E-state index in [1.807, 2.05) is 0 Å². The molecule has 0 aliphatic rings. The average Bonchev–Trinajstić information content (AvgIpc) is 2.41. The lowest BCUT2D eigenvalue weighted by atomic mass is 10.3. The molecule has 0 amide bonds. The Labute approximate surface area is 84.8 Å². The van der Waals surface area contributed by atoms with Gasteiger partial charge in [0, 0.05) is 6.54 Å². The zero-order valence-corrected chi connectivity index (χ0v) is 8.33. The summed E-state index contributed by atoms with van der Waals surface area (Å²) >= 11 is 0. The third-order valence-electron chi connectivity index (χ3n) is 1.86. The quantitative estimate of drug-likeness (QED) is 0.775. The van der Waals surface area contributed by atoms with Crippen LogP contribution in [0.5, 0.6) is 0 Å². The average molecular weight is 219 g/mol. The molecule has 1 aromatic heterocycles. The van der Waals surface area contributed by atoms with Crippen LogP contribution in [0.15, 0.2) is 0 Å². The normalized spacial score (nSPS) is 10.7. The molecule has 0 spiro atoms. The van der Waals surface area contributed by atoms with Crippen molar-refractivity contribution in [1.82, 2.24) is 9.78 Å². The minimum Gasteiger partial charge on any atom is -0.398 e. The number of hydrogen-bond donors (Lipinski definition) is 1. The van der Waals surface area contributed by atoms with Crippen molar-refractivity contribution >= 4 is 11.7 Å². The molecule has 1 rings (SSSR count). The summed E-state index contributed by atoms with van der Waals surface area (Å²) in [5.41, 5.74) is 5.88. The molecule has 7 heteroatoms. The number of aryl methyl sites for hydroxylation is 2. The lowest BCUT2D eigenvalue weighted by Crippen LogP contribution is -2.16. The second-order valence-electron chi connectivity index (χ2n) is 2.83. The van der Waals surface area contributed by atoms with Crippen LogP contribution in [0.4, 0.5) is 14.5 Å². The van der Waals surface area contributed by atoms with Gasteiger partial charge < -0.3 is 10.5 Å². The van der Waals surface area contributed by atoms with E-state index in [-0.39, 0.29) is 11.4 Å². The summed E-state index contributed by atoms with van der Waals surface area (Å²) in [6.07, 6.45) is 0. The molecule has 0 atom stereocenters. The highest BCUT2D eigenvalue weighted by Gasteiger charge is 2.23. The number of hydrogen-bond acceptors (Lipinski definition) is 4. The molecule has 0 aliphatic heterocycles. The smallest absolute Gasteiger partial charge is 0.389 e. The van der Waals surface area contributed by atoms with Gasteiger partial charge in [0.2, 0.25) is 0 Å². The van der Waals surface area contributed by atoms with E-state index in [0.717, 1.165) is 0 Å². The number of ether oxygens (including phenoxy) is 1. The lowest BCUT2D eigenvalue weighted by molar-refractivity contribution is -0.0911. The summed E-state index contributed by atoms with van der Waals surface area (Å²) < 4.78 is 28.7. The lowest BCUT2D eigenvalue weighted by Gasteiger charge is -2.05. The third kappa shape index (κ3) is 2.23. The maximum atomic E-state index is 11.8. The van der Waals surface area contributed by atoms with Crippen molar-refractivity contribution in [3.8, 4) is 0 Å². The first kappa shape index (κ1) is 11.4. The Morgan fingerprint density at radius 3 is 2.73 bits per heavy atom. The Hall–Kier alpha value is -1.66. The number of esters is 1. The number of rotatable bonds is 3. The molecule has 0 aliphatic carbocycles. The molecule has 2 N–H and O–H groups in total. The van der Waals surface area contributed by atoms with Crippen LogP contribution < -0.4 is 5.73 Å². The molecule has 0 fully saturated rings. The van der Waals surface area contributed by atoms with Gasteiger partial charge in [-0.25, -0.2) is 4.79 Å². The summed E-state index contributed by atoms with van der Waals surface area (Å²) in [6, 6.07) is 0. The van der Waals surface area contributed by atoms with Crippen molar-refractivity contribution in [2.75, 3.05) is 5.73 Å². The topological polar surface area (TPSA) is 70.1 Å². The van der Waals surface area contributed by atoms with E-state index in [1.165, 1.54) is 4.68 Å². The van der Waals surface area contributed by atoms with E-state index in [2.05, 4.69) is 9.84 Å². The predicted molar refractivity (Wildman–Crippen MR) is 48.5 cm³/mol. The Kier molecular flexibility index (Phi) is 3.23. The SMILES string of the molecule is CCn1nc(C)c(N)c1C(=O)OC(F)F. The molecule has 0 saturated carbocycles. The molecule has 0 saturated heterocycles. The maximum absolute atomic E-state index is 11.8. The Morgan fingerprint density at radius 1 is 1.67 bits per heavy atom. The number of nitrogens with zero attached hydrogens (tertiary/aromatic N) is 2. The zero-order valence-electron chi connectivity index (χ0n) is 8.33. The van der Waals surface area contributed by atoms with Crippen LogP contribution in [0.25, 0.3) is 0 Å². The predicted octanol–water partition coefficient (Wildman–Crippen LogP) is 1.17. The van der Waals surface area contributed by atoms with Crippen LogP contribution in [0.3, 0.4) is 0 Å². The van der Waals surface area contributed by atoms with Crippen LogP contribution in [0.1, 0.15) is 23.1 Å². The Morgan fingerprint density at radius 2 is 2.27 bits per heavy atom. The van der Waals surface area contributed by atoms with E-state index in [4.69, 9.17) is 5.73 Å². The molecular formula is C8H11F2N3O2. The van der Waals surface area contributed by atoms with Crippen molar-refractivity contribution in [3.05, 3.63) is 11.4 Å². The minimum absolute atomic E-state index is 0.0718. The van der Waals surface area contributed by atoms with E-state index in [1.54, 1.807) is 13.8 Å².